The summed E-state index contributed by atoms with van der Waals surface area (Å²) in [4.78, 5) is 17.0. The Morgan fingerprint density at radius 1 is 1.36 bits per heavy atom. The first-order valence-corrected chi connectivity index (χ1v) is 9.02. The van der Waals surface area contributed by atoms with E-state index in [4.69, 9.17) is 4.74 Å². The highest BCUT2D eigenvalue weighted by Gasteiger charge is 2.22. The Balaban J connectivity index is 1.72. The van der Waals surface area contributed by atoms with Crippen LogP contribution in [0.15, 0.2) is 36.5 Å². The van der Waals surface area contributed by atoms with E-state index in [-0.39, 0.29) is 18.1 Å². The van der Waals surface area contributed by atoms with Gasteiger partial charge < -0.3 is 10.1 Å². The molecule has 2 aromatic rings. The number of aromatic nitrogens is 1. The Labute approximate surface area is 161 Å². The van der Waals surface area contributed by atoms with Gasteiger partial charge in [-0.05, 0) is 36.6 Å². The van der Waals surface area contributed by atoms with Gasteiger partial charge in [0.05, 0.1) is 24.6 Å². The third-order valence-electron chi connectivity index (χ3n) is 4.63. The number of hydrogen-bond acceptors (Lipinski definition) is 3. The molecule has 0 aliphatic carbocycles. The minimum absolute atomic E-state index is 0.172. The SMILES string of the molecule is CCC1Cc2ncc(NC(=O)c3ccc(/C=C/C(F)(F)F)cc3C)cc2CO1. The highest BCUT2D eigenvalue weighted by Crippen LogP contribution is 2.24. The largest absolute Gasteiger partial charge is 0.409 e. The van der Waals surface area contributed by atoms with Crippen LogP contribution in [-0.4, -0.2) is 23.2 Å². The topological polar surface area (TPSA) is 51.2 Å². The van der Waals surface area contributed by atoms with Crippen LogP contribution in [0.1, 0.15) is 46.1 Å². The Bertz CT molecular complexity index is 907. The van der Waals surface area contributed by atoms with E-state index in [9.17, 15) is 18.0 Å². The maximum absolute atomic E-state index is 12.6. The van der Waals surface area contributed by atoms with Gasteiger partial charge in [-0.1, -0.05) is 25.1 Å². The highest BCUT2D eigenvalue weighted by atomic mass is 19.4. The predicted octanol–water partition coefficient (Wildman–Crippen LogP) is 5.07. The number of nitrogens with one attached hydrogen (secondary N) is 1. The highest BCUT2D eigenvalue weighted by molar-refractivity contribution is 6.05. The van der Waals surface area contributed by atoms with Crippen molar-refractivity contribution in [1.29, 1.82) is 0 Å². The van der Waals surface area contributed by atoms with Crippen LogP contribution < -0.4 is 5.32 Å². The van der Waals surface area contributed by atoms with Crippen LogP contribution >= 0.6 is 0 Å². The van der Waals surface area contributed by atoms with Gasteiger partial charge in [0, 0.05) is 29.3 Å². The predicted molar refractivity (Wildman–Crippen MR) is 101 cm³/mol. The van der Waals surface area contributed by atoms with E-state index in [1.165, 1.54) is 12.1 Å². The van der Waals surface area contributed by atoms with Crippen molar-refractivity contribution in [2.24, 2.45) is 0 Å². The molecule has 2 heterocycles. The number of amides is 1. The van der Waals surface area contributed by atoms with Gasteiger partial charge in [-0.3, -0.25) is 9.78 Å². The monoisotopic (exact) mass is 390 g/mol. The van der Waals surface area contributed by atoms with Crippen LogP contribution in [0.5, 0.6) is 0 Å². The van der Waals surface area contributed by atoms with Gasteiger partial charge in [0.1, 0.15) is 0 Å². The molecular formula is C21H21F3N2O2. The summed E-state index contributed by atoms with van der Waals surface area (Å²) < 4.78 is 42.6. The molecule has 0 bridgehead atoms. The standard InChI is InChI=1S/C21H21F3N2O2/c1-3-17-10-19-15(12-28-17)9-16(11-25-19)26-20(27)18-5-4-14(8-13(18)2)6-7-21(22,23)24/h4-9,11,17H,3,10,12H2,1-2H3,(H,26,27)/b7-6+. The zero-order valence-electron chi connectivity index (χ0n) is 15.6. The number of benzene rings is 1. The van der Waals surface area contributed by atoms with Gasteiger partial charge in [-0.2, -0.15) is 13.2 Å². The number of aryl methyl sites for hydroxylation is 1. The lowest BCUT2D eigenvalue weighted by Crippen LogP contribution is -2.23. The van der Waals surface area contributed by atoms with Crippen molar-refractivity contribution in [2.75, 3.05) is 5.32 Å². The van der Waals surface area contributed by atoms with E-state index in [1.807, 2.05) is 6.07 Å². The summed E-state index contributed by atoms with van der Waals surface area (Å²) in [5, 5.41) is 2.80. The molecule has 0 radical (unpaired) electrons. The third kappa shape index (κ3) is 4.98. The van der Waals surface area contributed by atoms with Gasteiger partial charge in [0.25, 0.3) is 5.91 Å². The van der Waals surface area contributed by atoms with Crippen molar-refractivity contribution in [3.63, 3.8) is 0 Å². The van der Waals surface area contributed by atoms with Gasteiger partial charge in [-0.15, -0.1) is 0 Å². The summed E-state index contributed by atoms with van der Waals surface area (Å²) in [5.41, 5.74) is 3.85. The fourth-order valence-electron chi connectivity index (χ4n) is 3.09. The maximum Gasteiger partial charge on any atom is 0.409 e. The van der Waals surface area contributed by atoms with Crippen LogP contribution in [0.25, 0.3) is 6.08 Å². The zero-order chi connectivity index (χ0) is 20.3. The summed E-state index contributed by atoms with van der Waals surface area (Å²) in [6.07, 6.45) is 0.249. The fraction of sp³-hybridized carbons (Fsp3) is 0.333. The number of carbonyl (C=O) groups excluding carboxylic acids is 1. The number of nitrogens with zero attached hydrogens (tertiary/aromatic N) is 1. The van der Waals surface area contributed by atoms with Crippen molar-refractivity contribution in [3.8, 4) is 0 Å². The fourth-order valence-corrected chi connectivity index (χ4v) is 3.09. The smallest absolute Gasteiger partial charge is 0.373 e. The van der Waals surface area contributed by atoms with E-state index >= 15 is 0 Å². The molecule has 7 heteroatoms. The Kier molecular flexibility index (Phi) is 5.84. The minimum atomic E-state index is -4.37. The molecule has 1 aliphatic rings. The summed E-state index contributed by atoms with van der Waals surface area (Å²) in [7, 11) is 0. The molecule has 3 rings (SSSR count). The first-order chi connectivity index (χ1) is 13.2. The molecule has 1 aromatic heterocycles. The molecule has 1 amide bonds. The zero-order valence-corrected chi connectivity index (χ0v) is 15.6. The lowest BCUT2D eigenvalue weighted by atomic mass is 10.0. The average molecular weight is 390 g/mol. The number of anilines is 1. The number of pyridine rings is 1. The number of fused-ring (bicyclic) bond motifs is 1. The molecule has 1 aliphatic heterocycles. The Morgan fingerprint density at radius 3 is 2.82 bits per heavy atom. The minimum Gasteiger partial charge on any atom is -0.373 e. The number of halogens is 3. The molecule has 4 nitrogen and oxygen atoms in total. The van der Waals surface area contributed by atoms with Crippen molar-refractivity contribution in [1.82, 2.24) is 4.98 Å². The molecule has 1 N–H and O–H groups in total. The molecule has 1 aromatic carbocycles. The van der Waals surface area contributed by atoms with Gasteiger partial charge in [0.2, 0.25) is 0 Å². The molecule has 1 atom stereocenters. The number of hydrogen-bond donors (Lipinski definition) is 1. The van der Waals surface area contributed by atoms with Crippen LogP contribution in [-0.2, 0) is 17.8 Å². The lowest BCUT2D eigenvalue weighted by Gasteiger charge is -2.24. The van der Waals surface area contributed by atoms with Gasteiger partial charge in [-0.25, -0.2) is 0 Å². The number of ether oxygens (including phenoxy) is 1. The average Bonchev–Trinajstić information content (AvgIpc) is 2.65. The van der Waals surface area contributed by atoms with E-state index < -0.39 is 6.18 Å². The summed E-state index contributed by atoms with van der Waals surface area (Å²) in [6.45, 7) is 4.21. The van der Waals surface area contributed by atoms with Crippen LogP contribution in [0, 0.1) is 6.92 Å². The second kappa shape index (κ2) is 8.14. The number of allylic oxidation sites excluding steroid dienone is 1. The van der Waals surface area contributed by atoms with E-state index in [1.54, 1.807) is 19.2 Å². The Hall–Kier alpha value is -2.67. The number of alkyl halides is 3. The van der Waals surface area contributed by atoms with Crippen molar-refractivity contribution >= 4 is 17.7 Å². The van der Waals surface area contributed by atoms with E-state index in [0.29, 0.717) is 29.0 Å². The molecule has 0 saturated heterocycles. The second-order valence-electron chi connectivity index (χ2n) is 6.78. The van der Waals surface area contributed by atoms with Crippen LogP contribution in [0.2, 0.25) is 0 Å². The first-order valence-electron chi connectivity index (χ1n) is 9.02. The Morgan fingerprint density at radius 2 is 2.14 bits per heavy atom. The summed E-state index contributed by atoms with van der Waals surface area (Å²) in [6, 6.07) is 6.39. The first kappa shape index (κ1) is 20.1. The maximum atomic E-state index is 12.6. The molecule has 1 unspecified atom stereocenters. The summed E-state index contributed by atoms with van der Waals surface area (Å²) in [5.74, 6) is -0.339. The molecule has 0 fully saturated rings. The summed E-state index contributed by atoms with van der Waals surface area (Å²) >= 11 is 0. The quantitative estimate of drug-likeness (QED) is 0.793. The molecular weight excluding hydrogens is 369 g/mol. The van der Waals surface area contributed by atoms with Crippen LogP contribution in [0.3, 0.4) is 0 Å². The van der Waals surface area contributed by atoms with Crippen LogP contribution in [0.4, 0.5) is 18.9 Å². The normalized spacial score (nSPS) is 16.8. The molecule has 148 valence electrons. The number of carbonyl (C=O) groups is 1. The van der Waals surface area contributed by atoms with Gasteiger partial charge in [0.15, 0.2) is 0 Å². The second-order valence-corrected chi connectivity index (χ2v) is 6.78. The third-order valence-corrected chi connectivity index (χ3v) is 4.63. The van der Waals surface area contributed by atoms with Crippen molar-refractivity contribution in [2.45, 2.75) is 45.6 Å². The van der Waals surface area contributed by atoms with Gasteiger partial charge >= 0.3 is 6.18 Å². The van der Waals surface area contributed by atoms with Crippen molar-refractivity contribution < 1.29 is 22.7 Å². The number of rotatable bonds is 4. The van der Waals surface area contributed by atoms with E-state index in [0.717, 1.165) is 30.2 Å². The molecule has 28 heavy (non-hydrogen) atoms. The molecule has 0 spiro atoms. The lowest BCUT2D eigenvalue weighted by molar-refractivity contribution is -0.0790. The molecule has 0 saturated carbocycles. The van der Waals surface area contributed by atoms with Crippen molar-refractivity contribution in [3.05, 3.63) is 64.5 Å². The van der Waals surface area contributed by atoms with E-state index in [2.05, 4.69) is 17.2 Å².